The first-order valence-corrected chi connectivity index (χ1v) is 0.980. The number of rotatable bonds is 0. The summed E-state index contributed by atoms with van der Waals surface area (Å²) in [7, 11) is 0. The topological polar surface area (TPSA) is 20.2 Å². The van der Waals surface area contributed by atoms with Crippen LogP contribution in [0, 0.1) is 5.82 Å². The maximum atomic E-state index is 10.2. The van der Waals surface area contributed by atoms with E-state index in [9.17, 15) is 4.39 Å². The molecule has 1 nitrogen and oxygen atoms in total. The van der Waals surface area contributed by atoms with Gasteiger partial charge in [-0.05, 0) is 11.6 Å². The van der Waals surface area contributed by atoms with Crippen LogP contribution in [0.15, 0.2) is 0 Å². The third-order valence-electron chi connectivity index (χ3n) is 0. The van der Waals surface area contributed by atoms with Gasteiger partial charge >= 0.3 is 5.82 Å². The highest BCUT2D eigenvalue weighted by molar-refractivity contribution is 6.24. The first kappa shape index (κ1) is 4.18. The molecule has 4 heavy (non-hydrogen) atoms. The van der Waals surface area contributed by atoms with E-state index < -0.39 is 5.82 Å². The van der Waals surface area contributed by atoms with Crippen LogP contribution in [0.2, 0.25) is 0 Å². The highest BCUT2D eigenvalue weighted by Gasteiger charge is 1.84. The van der Waals surface area contributed by atoms with Crippen molar-refractivity contribution in [3.63, 3.8) is 0 Å². The molecule has 0 unspecified atom stereocenters. The zero-order valence-electron chi connectivity index (χ0n) is 1.70. The average molecular weight is 83.5 g/mol. The van der Waals surface area contributed by atoms with E-state index >= 15 is 0 Å². The van der Waals surface area contributed by atoms with Crippen LogP contribution in [0.4, 0.5) is 4.39 Å². The minimum Gasteiger partial charge on any atom is -0.344 e. The largest absolute Gasteiger partial charge is 0.358 e. The molecule has 0 rings (SSSR count). The maximum Gasteiger partial charge on any atom is 0.358 e. The van der Waals surface area contributed by atoms with E-state index in [4.69, 9.17) is 5.11 Å². The Balaban J connectivity index is 2.32. The van der Waals surface area contributed by atoms with Gasteiger partial charge in [0.05, 0.1) is 0 Å². The van der Waals surface area contributed by atoms with Gasteiger partial charge in [0.2, 0.25) is 0 Å². The molecule has 0 saturated carbocycles. The van der Waals surface area contributed by atoms with Gasteiger partial charge in [-0.3, -0.25) is 0 Å². The SMILES string of the molecule is O[C](F)Cl. The number of aliphatic hydroxyl groups is 1. The molecule has 0 aliphatic rings. The molecule has 0 fully saturated rings. The zero-order valence-corrected chi connectivity index (χ0v) is 2.46. The molecule has 0 aliphatic carbocycles. The third-order valence-corrected chi connectivity index (χ3v) is 0. The Labute approximate surface area is 28.0 Å². The van der Waals surface area contributed by atoms with Crippen molar-refractivity contribution in [2.75, 3.05) is 0 Å². The van der Waals surface area contributed by atoms with Gasteiger partial charge in [0.25, 0.3) is 0 Å². The Morgan fingerprint density at radius 2 is 2.00 bits per heavy atom. The van der Waals surface area contributed by atoms with E-state index in [-0.39, 0.29) is 0 Å². The monoisotopic (exact) mass is 83.0 g/mol. The van der Waals surface area contributed by atoms with Crippen LogP contribution < -0.4 is 0 Å². The molecular formula is CHClFO. The predicted molar refractivity (Wildman–Crippen MR) is 12.1 cm³/mol. The van der Waals surface area contributed by atoms with E-state index in [0.717, 1.165) is 0 Å². The van der Waals surface area contributed by atoms with E-state index in [0.29, 0.717) is 0 Å². The van der Waals surface area contributed by atoms with E-state index in [1.807, 2.05) is 0 Å². The molecule has 0 amide bonds. The van der Waals surface area contributed by atoms with Gasteiger partial charge in [0.1, 0.15) is 0 Å². The van der Waals surface area contributed by atoms with Gasteiger partial charge in [-0.2, -0.15) is 4.39 Å². The van der Waals surface area contributed by atoms with Gasteiger partial charge < -0.3 is 5.11 Å². The summed E-state index contributed by atoms with van der Waals surface area (Å²) < 4.78 is 10.2. The average Bonchev–Trinajstić information content (AvgIpc) is 0.811. The van der Waals surface area contributed by atoms with Crippen LogP contribution in [0.5, 0.6) is 0 Å². The van der Waals surface area contributed by atoms with Crippen molar-refractivity contribution < 1.29 is 9.50 Å². The summed E-state index contributed by atoms with van der Waals surface area (Å²) in [6.45, 7) is 0. The smallest absolute Gasteiger partial charge is 0.344 e. The van der Waals surface area contributed by atoms with Crippen molar-refractivity contribution in [3.05, 3.63) is 5.82 Å². The highest BCUT2D eigenvalue weighted by atomic mass is 35.5. The molecule has 0 aromatic heterocycles. The van der Waals surface area contributed by atoms with Crippen molar-refractivity contribution in [1.29, 1.82) is 0 Å². The normalized spacial score (nSPS) is 9.00. The van der Waals surface area contributed by atoms with E-state index in [2.05, 4.69) is 11.6 Å². The molecule has 25 valence electrons. The second kappa shape index (κ2) is 1.49. The molecule has 1 radical (unpaired) electrons. The summed E-state index contributed by atoms with van der Waals surface area (Å²) in [5, 5.41) is 7.07. The third kappa shape index (κ3) is 93.7. The Bertz CT molecular complexity index is 12.8. The molecule has 0 bridgehead atoms. The lowest BCUT2D eigenvalue weighted by molar-refractivity contribution is 0.233. The highest BCUT2D eigenvalue weighted by Crippen LogP contribution is 1.96. The molecule has 0 spiro atoms. The van der Waals surface area contributed by atoms with Crippen LogP contribution >= 0.6 is 11.6 Å². The van der Waals surface area contributed by atoms with E-state index in [1.165, 1.54) is 0 Å². The zero-order chi connectivity index (χ0) is 3.58. The van der Waals surface area contributed by atoms with Crippen molar-refractivity contribution in [2.24, 2.45) is 0 Å². The second-order valence-electron chi connectivity index (χ2n) is 0.240. The quantitative estimate of drug-likeness (QED) is 0.464. The molecule has 0 saturated heterocycles. The fraction of sp³-hybridized carbons (Fsp3) is 0. The summed E-state index contributed by atoms with van der Waals surface area (Å²) >= 11 is 4.08. The van der Waals surface area contributed by atoms with Crippen LogP contribution in [-0.2, 0) is 0 Å². The Morgan fingerprint density at radius 3 is 2.00 bits per heavy atom. The van der Waals surface area contributed by atoms with Crippen molar-refractivity contribution in [1.82, 2.24) is 0 Å². The number of hydrogen-bond donors (Lipinski definition) is 1. The number of halogens is 2. The van der Waals surface area contributed by atoms with Gasteiger partial charge in [-0.1, -0.05) is 0 Å². The molecule has 0 heterocycles. The first-order valence-electron chi connectivity index (χ1n) is 0.602. The minimum absolute atomic E-state index is 1.61. The van der Waals surface area contributed by atoms with Gasteiger partial charge in [0, 0.05) is 0 Å². The fourth-order valence-electron chi connectivity index (χ4n) is 0. The van der Waals surface area contributed by atoms with Crippen molar-refractivity contribution >= 4 is 11.6 Å². The van der Waals surface area contributed by atoms with Crippen LogP contribution in [0.1, 0.15) is 0 Å². The molecule has 0 aliphatic heterocycles. The van der Waals surface area contributed by atoms with Crippen LogP contribution in [-0.4, -0.2) is 5.11 Å². The van der Waals surface area contributed by atoms with Gasteiger partial charge in [-0.15, -0.1) is 0 Å². The lowest BCUT2D eigenvalue weighted by Crippen LogP contribution is -1.61. The molecule has 1 N–H and O–H groups in total. The first-order chi connectivity index (χ1) is 1.73. The lowest BCUT2D eigenvalue weighted by Gasteiger charge is -1.67. The summed E-state index contributed by atoms with van der Waals surface area (Å²) in [5.41, 5.74) is 0. The molecule has 0 atom stereocenters. The van der Waals surface area contributed by atoms with E-state index in [1.54, 1.807) is 0 Å². The summed E-state index contributed by atoms with van der Waals surface area (Å²) in [6.07, 6.45) is 0. The van der Waals surface area contributed by atoms with Crippen molar-refractivity contribution in [3.8, 4) is 0 Å². The summed E-state index contributed by atoms with van der Waals surface area (Å²) in [4.78, 5) is 0. The second-order valence-corrected chi connectivity index (χ2v) is 0.552. The van der Waals surface area contributed by atoms with Gasteiger partial charge in [0.15, 0.2) is 0 Å². The molecule has 3 heteroatoms. The Hall–Kier alpha value is 0.180. The predicted octanol–water partition coefficient (Wildman–Crippen LogP) is 1.01. The van der Waals surface area contributed by atoms with Crippen LogP contribution in [0.3, 0.4) is 0 Å². The number of hydrogen-bond acceptors (Lipinski definition) is 1. The van der Waals surface area contributed by atoms with Gasteiger partial charge in [-0.25, -0.2) is 0 Å². The van der Waals surface area contributed by atoms with Crippen molar-refractivity contribution in [2.45, 2.75) is 0 Å². The summed E-state index contributed by atoms with van der Waals surface area (Å²) in [6, 6.07) is 0. The van der Waals surface area contributed by atoms with Crippen LogP contribution in [0.25, 0.3) is 0 Å². The standard InChI is InChI=1S/CHClFO/c2-1(3)4/h4H. The molecule has 0 aromatic rings. The maximum absolute atomic E-state index is 10.2. The number of aliphatic hydroxyl groups excluding tert-OH is 1. The molecule has 0 aromatic carbocycles. The molecular weight excluding hydrogens is 82.5 g/mol. The minimum atomic E-state index is -1.61. The Kier molecular flexibility index (Phi) is 1.56. The Morgan fingerprint density at radius 1 is 2.00 bits per heavy atom. The fourth-order valence-corrected chi connectivity index (χ4v) is 0. The lowest BCUT2D eigenvalue weighted by atomic mass is 11.6. The summed E-state index contributed by atoms with van der Waals surface area (Å²) in [5.74, 6) is -1.61.